The van der Waals surface area contributed by atoms with E-state index in [4.69, 9.17) is 4.74 Å². The van der Waals surface area contributed by atoms with Gasteiger partial charge in [-0.15, -0.1) is 0 Å². The third-order valence-electron chi connectivity index (χ3n) is 6.17. The van der Waals surface area contributed by atoms with Crippen LogP contribution in [0.4, 0.5) is 0 Å². The molecule has 8 nitrogen and oxygen atoms in total. The minimum absolute atomic E-state index is 0.00595. The quantitative estimate of drug-likeness (QED) is 0.709. The van der Waals surface area contributed by atoms with Crippen LogP contribution in [0.3, 0.4) is 0 Å². The van der Waals surface area contributed by atoms with Gasteiger partial charge in [0.15, 0.2) is 5.82 Å². The zero-order valence-electron chi connectivity index (χ0n) is 18.0. The zero-order valence-corrected chi connectivity index (χ0v) is 18.0. The van der Waals surface area contributed by atoms with Gasteiger partial charge in [-0.3, -0.25) is 14.7 Å². The van der Waals surface area contributed by atoms with E-state index in [1.807, 2.05) is 30.0 Å². The lowest BCUT2D eigenvalue weighted by atomic mass is 9.99. The minimum atomic E-state index is -0.214. The number of aryl methyl sites for hydroxylation is 2. The molecule has 0 aliphatic carbocycles. The summed E-state index contributed by atoms with van der Waals surface area (Å²) in [6.07, 6.45) is 4.27. The molecule has 31 heavy (non-hydrogen) atoms. The number of rotatable bonds is 7. The number of carbonyl (C=O) groups is 2. The highest BCUT2D eigenvalue weighted by atomic mass is 16.5. The van der Waals surface area contributed by atoms with Crippen LogP contribution in [-0.2, 0) is 20.7 Å². The van der Waals surface area contributed by atoms with Crippen molar-refractivity contribution in [1.29, 1.82) is 0 Å². The van der Waals surface area contributed by atoms with Gasteiger partial charge in [0.25, 0.3) is 0 Å². The summed E-state index contributed by atoms with van der Waals surface area (Å²) in [7, 11) is 0. The van der Waals surface area contributed by atoms with E-state index in [1.165, 1.54) is 5.56 Å². The van der Waals surface area contributed by atoms with Crippen LogP contribution in [0.2, 0.25) is 0 Å². The number of amides is 2. The van der Waals surface area contributed by atoms with Crippen molar-refractivity contribution in [3.8, 4) is 0 Å². The Morgan fingerprint density at radius 1 is 1.23 bits per heavy atom. The average Bonchev–Trinajstić information content (AvgIpc) is 3.41. The molecule has 1 aromatic heterocycles. The molecule has 2 fully saturated rings. The second-order valence-electron chi connectivity index (χ2n) is 8.51. The summed E-state index contributed by atoms with van der Waals surface area (Å²) < 4.78 is 5.36. The van der Waals surface area contributed by atoms with Crippen molar-refractivity contribution in [1.82, 2.24) is 25.4 Å². The summed E-state index contributed by atoms with van der Waals surface area (Å²) in [6, 6.07) is 9.90. The summed E-state index contributed by atoms with van der Waals surface area (Å²) >= 11 is 0. The molecule has 2 amide bonds. The topological polar surface area (TPSA) is 100 Å². The number of likely N-dealkylation sites (tertiary alicyclic amines) is 1. The normalized spacial score (nSPS) is 21.9. The first-order valence-electron chi connectivity index (χ1n) is 11.2. The fraction of sp³-hybridized carbons (Fsp3) is 0.565. The second kappa shape index (κ2) is 10.0. The predicted octanol–water partition coefficient (Wildman–Crippen LogP) is 2.32. The van der Waals surface area contributed by atoms with Crippen molar-refractivity contribution in [2.45, 2.75) is 57.5 Å². The van der Waals surface area contributed by atoms with E-state index in [9.17, 15) is 9.59 Å². The Balaban J connectivity index is 1.38. The Kier molecular flexibility index (Phi) is 6.96. The van der Waals surface area contributed by atoms with Gasteiger partial charge in [-0.2, -0.15) is 5.10 Å². The van der Waals surface area contributed by atoms with Crippen LogP contribution in [0.15, 0.2) is 30.3 Å². The van der Waals surface area contributed by atoms with Crippen molar-refractivity contribution in [2.75, 3.05) is 19.8 Å². The van der Waals surface area contributed by atoms with Crippen molar-refractivity contribution in [3.63, 3.8) is 0 Å². The first kappa shape index (κ1) is 21.5. The summed E-state index contributed by atoms with van der Waals surface area (Å²) in [5.74, 6) is 1.49. The SMILES string of the molecule is Cc1nc([C@@H]2C[C@H](NC(=O)C3CCOCC3)CN2C(=O)CCCc2ccccc2)n[nH]1. The lowest BCUT2D eigenvalue weighted by molar-refractivity contribution is -0.133. The number of aromatic amines is 1. The van der Waals surface area contributed by atoms with E-state index < -0.39 is 0 Å². The molecule has 2 aliphatic rings. The molecule has 2 N–H and O–H groups in total. The van der Waals surface area contributed by atoms with Crippen molar-refractivity contribution in [3.05, 3.63) is 47.5 Å². The molecule has 8 heteroatoms. The van der Waals surface area contributed by atoms with Crippen LogP contribution >= 0.6 is 0 Å². The highest BCUT2D eigenvalue weighted by Crippen LogP contribution is 2.31. The Hall–Kier alpha value is -2.74. The van der Waals surface area contributed by atoms with Crippen LogP contribution in [-0.4, -0.2) is 57.7 Å². The summed E-state index contributed by atoms with van der Waals surface area (Å²) in [5, 5.41) is 10.3. The molecule has 2 aromatic rings. The molecular weight excluding hydrogens is 394 g/mol. The molecule has 2 atom stereocenters. The van der Waals surface area contributed by atoms with Crippen LogP contribution in [0.25, 0.3) is 0 Å². The van der Waals surface area contributed by atoms with Gasteiger partial charge in [0, 0.05) is 38.1 Å². The molecule has 0 unspecified atom stereocenters. The number of nitrogens with one attached hydrogen (secondary N) is 2. The molecule has 2 saturated heterocycles. The van der Waals surface area contributed by atoms with Crippen LogP contribution in [0.1, 0.15) is 55.4 Å². The fourth-order valence-electron chi connectivity index (χ4n) is 4.48. The van der Waals surface area contributed by atoms with Crippen molar-refractivity contribution in [2.24, 2.45) is 5.92 Å². The molecule has 4 rings (SSSR count). The van der Waals surface area contributed by atoms with Gasteiger partial charge in [0.05, 0.1) is 6.04 Å². The Morgan fingerprint density at radius 2 is 2.00 bits per heavy atom. The molecule has 2 aliphatic heterocycles. The third-order valence-corrected chi connectivity index (χ3v) is 6.17. The number of ether oxygens (including phenoxy) is 1. The lowest BCUT2D eigenvalue weighted by Gasteiger charge is -2.24. The van der Waals surface area contributed by atoms with E-state index in [0.29, 0.717) is 38.4 Å². The highest BCUT2D eigenvalue weighted by Gasteiger charge is 2.39. The van der Waals surface area contributed by atoms with Gasteiger partial charge in [0.2, 0.25) is 11.8 Å². The first-order chi connectivity index (χ1) is 15.1. The van der Waals surface area contributed by atoms with Crippen LogP contribution < -0.4 is 5.32 Å². The number of H-pyrrole nitrogens is 1. The van der Waals surface area contributed by atoms with Crippen molar-refractivity contribution >= 4 is 11.8 Å². The van der Waals surface area contributed by atoms with E-state index in [-0.39, 0.29) is 29.8 Å². The molecule has 0 spiro atoms. The van der Waals surface area contributed by atoms with Crippen LogP contribution in [0, 0.1) is 12.8 Å². The summed E-state index contributed by atoms with van der Waals surface area (Å²) in [4.78, 5) is 32.1. The number of carbonyl (C=O) groups excluding carboxylic acids is 2. The molecule has 1 aromatic carbocycles. The summed E-state index contributed by atoms with van der Waals surface area (Å²) in [5.41, 5.74) is 1.24. The molecular formula is C23H31N5O3. The number of benzene rings is 1. The molecule has 0 bridgehead atoms. The standard InChI is InChI=1S/C23H31N5O3/c1-16-24-22(27-26-16)20-14-19(25-23(30)18-10-12-31-13-11-18)15-28(20)21(29)9-5-8-17-6-3-2-4-7-17/h2-4,6-7,18-20H,5,8-15H2,1H3,(H,25,30)(H,24,26,27)/t19-,20-/m0/s1. The maximum absolute atomic E-state index is 13.1. The van der Waals surface area contributed by atoms with Crippen molar-refractivity contribution < 1.29 is 14.3 Å². The van der Waals surface area contributed by atoms with Crippen LogP contribution in [0.5, 0.6) is 0 Å². The Morgan fingerprint density at radius 3 is 2.71 bits per heavy atom. The first-order valence-corrected chi connectivity index (χ1v) is 11.2. The van der Waals surface area contributed by atoms with Gasteiger partial charge >= 0.3 is 0 Å². The third kappa shape index (κ3) is 5.50. The van der Waals surface area contributed by atoms with E-state index >= 15 is 0 Å². The Labute approximate surface area is 182 Å². The van der Waals surface area contributed by atoms with Gasteiger partial charge in [-0.25, -0.2) is 4.98 Å². The number of hydrogen-bond donors (Lipinski definition) is 2. The lowest BCUT2D eigenvalue weighted by Crippen LogP contribution is -2.42. The maximum atomic E-state index is 13.1. The zero-order chi connectivity index (χ0) is 21.6. The number of hydrogen-bond acceptors (Lipinski definition) is 5. The van der Waals surface area contributed by atoms with E-state index in [2.05, 4.69) is 32.6 Å². The van der Waals surface area contributed by atoms with Gasteiger partial charge in [0.1, 0.15) is 5.82 Å². The molecule has 3 heterocycles. The summed E-state index contributed by atoms with van der Waals surface area (Å²) in [6.45, 7) is 3.61. The largest absolute Gasteiger partial charge is 0.381 e. The maximum Gasteiger partial charge on any atom is 0.223 e. The van der Waals surface area contributed by atoms with Gasteiger partial charge in [-0.1, -0.05) is 30.3 Å². The Bertz CT molecular complexity index is 878. The number of aromatic nitrogens is 3. The predicted molar refractivity (Wildman–Crippen MR) is 115 cm³/mol. The molecule has 0 radical (unpaired) electrons. The average molecular weight is 426 g/mol. The molecule has 166 valence electrons. The number of nitrogens with zero attached hydrogens (tertiary/aromatic N) is 3. The fourth-order valence-corrected chi connectivity index (χ4v) is 4.48. The van der Waals surface area contributed by atoms with E-state index in [1.54, 1.807) is 0 Å². The molecule has 0 saturated carbocycles. The van der Waals surface area contributed by atoms with E-state index in [0.717, 1.165) is 31.5 Å². The minimum Gasteiger partial charge on any atom is -0.381 e. The highest BCUT2D eigenvalue weighted by molar-refractivity contribution is 5.80. The monoisotopic (exact) mass is 425 g/mol. The second-order valence-corrected chi connectivity index (χ2v) is 8.51. The van der Waals surface area contributed by atoms with Gasteiger partial charge in [-0.05, 0) is 44.6 Å². The van der Waals surface area contributed by atoms with Gasteiger partial charge < -0.3 is 15.0 Å². The smallest absolute Gasteiger partial charge is 0.223 e.